The number of aliphatic hydroxyl groups is 1. The summed E-state index contributed by atoms with van der Waals surface area (Å²) in [7, 11) is 0. The van der Waals surface area contributed by atoms with E-state index >= 15 is 0 Å². The van der Waals surface area contributed by atoms with Gasteiger partial charge in [-0.1, -0.05) is 6.58 Å². The molecule has 80 valence electrons. The maximum absolute atomic E-state index is 11.2. The molecular formula is C11H18O3. The Labute approximate surface area is 84.8 Å². The highest BCUT2D eigenvalue weighted by Gasteiger charge is 2.23. The van der Waals surface area contributed by atoms with Crippen LogP contribution >= 0.6 is 0 Å². The van der Waals surface area contributed by atoms with Gasteiger partial charge in [0.15, 0.2) is 0 Å². The van der Waals surface area contributed by atoms with E-state index in [1.165, 1.54) is 0 Å². The van der Waals surface area contributed by atoms with Crippen molar-refractivity contribution in [3.63, 3.8) is 0 Å². The summed E-state index contributed by atoms with van der Waals surface area (Å²) < 4.78 is 5.23. The third kappa shape index (κ3) is 3.14. The van der Waals surface area contributed by atoms with Crippen LogP contribution in [-0.4, -0.2) is 23.8 Å². The molecule has 0 atom stereocenters. The summed E-state index contributed by atoms with van der Waals surface area (Å²) in [6.07, 6.45) is 3.66. The van der Waals surface area contributed by atoms with Gasteiger partial charge in [0.25, 0.3) is 0 Å². The molecule has 0 amide bonds. The Kier molecular flexibility index (Phi) is 4.14. The topological polar surface area (TPSA) is 46.5 Å². The van der Waals surface area contributed by atoms with Crippen molar-refractivity contribution in [2.45, 2.75) is 38.7 Å². The Balaban J connectivity index is 2.29. The number of esters is 1. The van der Waals surface area contributed by atoms with Gasteiger partial charge in [-0.25, -0.2) is 4.79 Å². The second-order valence-corrected chi connectivity index (χ2v) is 4.01. The average molecular weight is 198 g/mol. The van der Waals surface area contributed by atoms with Crippen molar-refractivity contribution in [2.75, 3.05) is 6.61 Å². The van der Waals surface area contributed by atoms with Gasteiger partial charge in [-0.3, -0.25) is 0 Å². The lowest BCUT2D eigenvalue weighted by Crippen LogP contribution is -2.25. The molecule has 0 spiro atoms. The standard InChI is InChI=1S/C11H18O3/c1-8(2)11(13)14-10-5-3-9(7-12)4-6-10/h9-10,12H,1,3-7H2,2H3. The fourth-order valence-electron chi connectivity index (χ4n) is 1.68. The number of hydrogen-bond donors (Lipinski definition) is 1. The molecule has 0 aromatic carbocycles. The second-order valence-electron chi connectivity index (χ2n) is 4.01. The van der Waals surface area contributed by atoms with E-state index in [1.807, 2.05) is 0 Å². The zero-order chi connectivity index (χ0) is 10.6. The molecule has 0 radical (unpaired) electrons. The highest BCUT2D eigenvalue weighted by molar-refractivity contribution is 5.87. The van der Waals surface area contributed by atoms with Crippen LogP contribution in [0.5, 0.6) is 0 Å². The van der Waals surface area contributed by atoms with Gasteiger partial charge in [-0.05, 0) is 38.5 Å². The lowest BCUT2D eigenvalue weighted by molar-refractivity contribution is -0.146. The Bertz CT molecular complexity index is 215. The average Bonchev–Trinajstić information content (AvgIpc) is 2.19. The van der Waals surface area contributed by atoms with Crippen molar-refractivity contribution >= 4 is 5.97 Å². The van der Waals surface area contributed by atoms with Gasteiger partial charge in [-0.15, -0.1) is 0 Å². The summed E-state index contributed by atoms with van der Waals surface area (Å²) in [5.74, 6) is 0.104. The van der Waals surface area contributed by atoms with Gasteiger partial charge in [0, 0.05) is 12.2 Å². The van der Waals surface area contributed by atoms with E-state index in [4.69, 9.17) is 9.84 Å². The number of aliphatic hydroxyl groups excluding tert-OH is 1. The van der Waals surface area contributed by atoms with Crippen molar-refractivity contribution in [3.8, 4) is 0 Å². The minimum absolute atomic E-state index is 0.0296. The molecule has 1 N–H and O–H groups in total. The lowest BCUT2D eigenvalue weighted by atomic mass is 9.88. The molecule has 0 unspecified atom stereocenters. The first-order chi connectivity index (χ1) is 6.63. The first-order valence-electron chi connectivity index (χ1n) is 5.10. The van der Waals surface area contributed by atoms with E-state index in [-0.39, 0.29) is 18.7 Å². The van der Waals surface area contributed by atoms with E-state index in [9.17, 15) is 4.79 Å². The van der Waals surface area contributed by atoms with Crippen molar-refractivity contribution < 1.29 is 14.6 Å². The smallest absolute Gasteiger partial charge is 0.333 e. The minimum atomic E-state index is -0.294. The van der Waals surface area contributed by atoms with E-state index in [0.29, 0.717) is 11.5 Å². The SMILES string of the molecule is C=C(C)C(=O)OC1CCC(CO)CC1. The fraction of sp³-hybridized carbons (Fsp3) is 0.727. The van der Waals surface area contributed by atoms with Gasteiger partial charge < -0.3 is 9.84 Å². The van der Waals surface area contributed by atoms with Crippen LogP contribution in [0.4, 0.5) is 0 Å². The quantitative estimate of drug-likeness (QED) is 0.554. The number of rotatable bonds is 3. The molecule has 14 heavy (non-hydrogen) atoms. The molecule has 0 aliphatic heterocycles. The zero-order valence-electron chi connectivity index (χ0n) is 8.66. The van der Waals surface area contributed by atoms with Crippen LogP contribution in [0.2, 0.25) is 0 Å². The molecule has 1 aliphatic carbocycles. The summed E-state index contributed by atoms with van der Waals surface area (Å²) >= 11 is 0. The van der Waals surface area contributed by atoms with Crippen LogP contribution in [0.3, 0.4) is 0 Å². The molecular weight excluding hydrogens is 180 g/mol. The lowest BCUT2D eigenvalue weighted by Gasteiger charge is -2.27. The van der Waals surface area contributed by atoms with Crippen molar-refractivity contribution in [1.29, 1.82) is 0 Å². The molecule has 0 heterocycles. The molecule has 0 aromatic rings. The molecule has 0 aromatic heterocycles. The zero-order valence-corrected chi connectivity index (χ0v) is 8.66. The highest BCUT2D eigenvalue weighted by atomic mass is 16.5. The number of ether oxygens (including phenoxy) is 1. The molecule has 1 rings (SSSR count). The molecule has 3 nitrogen and oxygen atoms in total. The predicted octanol–water partition coefficient (Wildman–Crippen LogP) is 1.66. The largest absolute Gasteiger partial charge is 0.459 e. The van der Waals surface area contributed by atoms with Gasteiger partial charge >= 0.3 is 5.97 Å². The summed E-state index contributed by atoms with van der Waals surface area (Å²) in [5.41, 5.74) is 0.453. The van der Waals surface area contributed by atoms with Gasteiger partial charge in [0.05, 0.1) is 0 Å². The molecule has 1 fully saturated rings. The Hall–Kier alpha value is -0.830. The maximum Gasteiger partial charge on any atom is 0.333 e. The highest BCUT2D eigenvalue weighted by Crippen LogP contribution is 2.26. The predicted molar refractivity (Wildman–Crippen MR) is 53.7 cm³/mol. The molecule has 1 saturated carbocycles. The Morgan fingerprint density at radius 1 is 1.43 bits per heavy atom. The molecule has 0 bridgehead atoms. The number of carbonyl (C=O) groups is 1. The Morgan fingerprint density at radius 2 is 2.00 bits per heavy atom. The summed E-state index contributed by atoms with van der Waals surface area (Å²) in [5, 5.41) is 8.93. The first kappa shape index (κ1) is 11.2. The number of carbonyl (C=O) groups excluding carboxylic acids is 1. The van der Waals surface area contributed by atoms with E-state index in [1.54, 1.807) is 6.92 Å². The summed E-state index contributed by atoms with van der Waals surface area (Å²) in [4.78, 5) is 11.2. The first-order valence-corrected chi connectivity index (χ1v) is 5.10. The monoisotopic (exact) mass is 198 g/mol. The maximum atomic E-state index is 11.2. The van der Waals surface area contributed by atoms with E-state index < -0.39 is 0 Å². The fourth-order valence-corrected chi connectivity index (χ4v) is 1.68. The van der Waals surface area contributed by atoms with Crippen LogP contribution in [0.25, 0.3) is 0 Å². The van der Waals surface area contributed by atoms with Crippen LogP contribution in [-0.2, 0) is 9.53 Å². The van der Waals surface area contributed by atoms with E-state index in [2.05, 4.69) is 6.58 Å². The van der Waals surface area contributed by atoms with Gasteiger partial charge in [0.2, 0.25) is 0 Å². The van der Waals surface area contributed by atoms with Crippen molar-refractivity contribution in [1.82, 2.24) is 0 Å². The van der Waals surface area contributed by atoms with Gasteiger partial charge in [0.1, 0.15) is 6.10 Å². The third-order valence-corrected chi connectivity index (χ3v) is 2.67. The summed E-state index contributed by atoms with van der Waals surface area (Å²) in [6, 6.07) is 0. The van der Waals surface area contributed by atoms with Crippen LogP contribution in [0.1, 0.15) is 32.6 Å². The molecule has 1 aliphatic rings. The second kappa shape index (κ2) is 5.15. The van der Waals surface area contributed by atoms with Crippen molar-refractivity contribution in [2.24, 2.45) is 5.92 Å². The van der Waals surface area contributed by atoms with Crippen LogP contribution in [0, 0.1) is 5.92 Å². The third-order valence-electron chi connectivity index (χ3n) is 2.67. The minimum Gasteiger partial charge on any atom is -0.459 e. The number of hydrogen-bond acceptors (Lipinski definition) is 3. The van der Waals surface area contributed by atoms with Crippen LogP contribution in [0.15, 0.2) is 12.2 Å². The Morgan fingerprint density at radius 3 is 2.43 bits per heavy atom. The normalized spacial score (nSPS) is 27.0. The van der Waals surface area contributed by atoms with Crippen LogP contribution < -0.4 is 0 Å². The molecule has 0 saturated heterocycles. The molecule has 3 heteroatoms. The van der Waals surface area contributed by atoms with E-state index in [0.717, 1.165) is 25.7 Å². The van der Waals surface area contributed by atoms with Crippen molar-refractivity contribution in [3.05, 3.63) is 12.2 Å². The summed E-state index contributed by atoms with van der Waals surface area (Å²) in [6.45, 7) is 5.44. The van der Waals surface area contributed by atoms with Gasteiger partial charge in [-0.2, -0.15) is 0 Å².